The predicted molar refractivity (Wildman–Crippen MR) is 113 cm³/mol. The molecular formula is C24H27NO4. The molecule has 0 radical (unpaired) electrons. The van der Waals surface area contributed by atoms with E-state index in [9.17, 15) is 9.59 Å². The number of rotatable bonds is 7. The van der Waals surface area contributed by atoms with Gasteiger partial charge in [0.2, 0.25) is 0 Å². The Balaban J connectivity index is 1.93. The lowest BCUT2D eigenvalue weighted by atomic mass is 9.93. The minimum Gasteiger partial charge on any atom is -0.464 e. The summed E-state index contributed by atoms with van der Waals surface area (Å²) in [4.78, 5) is 26.2. The molecule has 0 aliphatic heterocycles. The Hall–Kier alpha value is -2.92. The number of amides is 1. The van der Waals surface area contributed by atoms with E-state index in [2.05, 4.69) is 5.32 Å². The normalized spacial score (nSPS) is 14.6. The fourth-order valence-electron chi connectivity index (χ4n) is 3.81. The average Bonchev–Trinajstić information content (AvgIpc) is 3.08. The lowest BCUT2D eigenvalue weighted by Gasteiger charge is -2.28. The molecule has 1 aliphatic rings. The third-order valence-electron chi connectivity index (χ3n) is 5.24. The zero-order valence-electron chi connectivity index (χ0n) is 17.2. The Morgan fingerprint density at radius 1 is 1.10 bits per heavy atom. The number of carbonyl (C=O) groups excluding carboxylic acids is 2. The molecule has 0 fully saturated rings. The molecule has 0 saturated carbocycles. The van der Waals surface area contributed by atoms with Crippen molar-refractivity contribution in [1.29, 1.82) is 0 Å². The Kier molecular flexibility index (Phi) is 6.49. The van der Waals surface area contributed by atoms with Gasteiger partial charge in [0.1, 0.15) is 5.54 Å². The minimum absolute atomic E-state index is 0.266. The monoisotopic (exact) mass is 393 g/mol. The van der Waals surface area contributed by atoms with Gasteiger partial charge in [-0.15, -0.1) is 0 Å². The first-order valence-corrected chi connectivity index (χ1v) is 9.82. The summed E-state index contributed by atoms with van der Waals surface area (Å²) in [6.07, 6.45) is 4.60. The van der Waals surface area contributed by atoms with Crippen LogP contribution in [-0.2, 0) is 27.1 Å². The smallest absolute Gasteiger partial charge is 0.332 e. The molecule has 0 atom stereocenters. The van der Waals surface area contributed by atoms with E-state index in [4.69, 9.17) is 9.47 Å². The van der Waals surface area contributed by atoms with Gasteiger partial charge in [-0.05, 0) is 42.2 Å². The van der Waals surface area contributed by atoms with Crippen molar-refractivity contribution < 1.29 is 19.1 Å². The summed E-state index contributed by atoms with van der Waals surface area (Å²) < 4.78 is 10.4. The Morgan fingerprint density at radius 3 is 2.41 bits per heavy atom. The van der Waals surface area contributed by atoms with Crippen LogP contribution in [0, 0.1) is 6.92 Å². The van der Waals surface area contributed by atoms with E-state index < -0.39 is 11.5 Å². The maximum atomic E-state index is 13.3. The standard InChI is InChI=1S/C24H27NO4/c1-4-29-23(27)24(15-18-10-5-6-11-19(18)16-24)25-22(26)21-12-7-9-17(2)20(21)13-8-14-28-3/h5-13H,4,14-16H2,1-3H3,(H,25,26). The number of fused-ring (bicyclic) bond motifs is 1. The van der Waals surface area contributed by atoms with Crippen LogP contribution in [0.25, 0.3) is 6.08 Å². The fourth-order valence-corrected chi connectivity index (χ4v) is 3.81. The molecule has 152 valence electrons. The van der Waals surface area contributed by atoms with Crippen LogP contribution in [-0.4, -0.2) is 37.7 Å². The molecule has 5 heteroatoms. The zero-order valence-corrected chi connectivity index (χ0v) is 17.2. The molecule has 1 amide bonds. The van der Waals surface area contributed by atoms with Gasteiger partial charge >= 0.3 is 5.97 Å². The van der Waals surface area contributed by atoms with E-state index in [0.717, 1.165) is 22.3 Å². The highest BCUT2D eigenvalue weighted by atomic mass is 16.5. The number of esters is 1. The van der Waals surface area contributed by atoms with E-state index in [0.29, 0.717) is 25.0 Å². The summed E-state index contributed by atoms with van der Waals surface area (Å²) in [6.45, 7) is 4.45. The van der Waals surface area contributed by atoms with Gasteiger partial charge in [0.25, 0.3) is 5.91 Å². The van der Waals surface area contributed by atoms with Crippen molar-refractivity contribution in [2.75, 3.05) is 20.3 Å². The van der Waals surface area contributed by atoms with Crippen molar-refractivity contribution in [3.63, 3.8) is 0 Å². The molecule has 0 heterocycles. The van der Waals surface area contributed by atoms with Crippen LogP contribution in [0.4, 0.5) is 0 Å². The van der Waals surface area contributed by atoms with Crippen LogP contribution in [0.15, 0.2) is 48.5 Å². The molecule has 1 aliphatic carbocycles. The average molecular weight is 393 g/mol. The van der Waals surface area contributed by atoms with Gasteiger partial charge < -0.3 is 14.8 Å². The molecule has 2 aromatic carbocycles. The molecule has 29 heavy (non-hydrogen) atoms. The van der Waals surface area contributed by atoms with Crippen LogP contribution < -0.4 is 5.32 Å². The van der Waals surface area contributed by atoms with E-state index in [1.807, 2.05) is 55.5 Å². The summed E-state index contributed by atoms with van der Waals surface area (Å²) in [5, 5.41) is 3.02. The molecule has 0 saturated heterocycles. The van der Waals surface area contributed by atoms with Gasteiger partial charge in [-0.2, -0.15) is 0 Å². The van der Waals surface area contributed by atoms with Crippen LogP contribution in [0.1, 0.15) is 39.5 Å². The molecule has 1 N–H and O–H groups in total. The van der Waals surface area contributed by atoms with E-state index in [1.165, 1.54) is 0 Å². The van der Waals surface area contributed by atoms with Gasteiger partial charge in [0.15, 0.2) is 0 Å². The molecule has 0 unspecified atom stereocenters. The SMILES string of the molecule is CCOC(=O)C1(NC(=O)c2cccc(C)c2C=CCOC)Cc2ccccc2C1. The summed E-state index contributed by atoms with van der Waals surface area (Å²) in [5.41, 5.74) is 3.35. The molecule has 3 rings (SSSR count). The molecule has 0 spiro atoms. The van der Waals surface area contributed by atoms with E-state index in [1.54, 1.807) is 20.1 Å². The summed E-state index contributed by atoms with van der Waals surface area (Å²) in [7, 11) is 1.62. The fraction of sp³-hybridized carbons (Fsp3) is 0.333. The number of benzene rings is 2. The molecule has 2 aromatic rings. The number of methoxy groups -OCH3 is 1. The lowest BCUT2D eigenvalue weighted by molar-refractivity contribution is -0.150. The number of hydrogen-bond acceptors (Lipinski definition) is 4. The third-order valence-corrected chi connectivity index (χ3v) is 5.24. The highest BCUT2D eigenvalue weighted by Gasteiger charge is 2.46. The minimum atomic E-state index is -1.09. The quantitative estimate of drug-likeness (QED) is 0.732. The Bertz CT molecular complexity index is 907. The second-order valence-corrected chi connectivity index (χ2v) is 7.27. The first-order chi connectivity index (χ1) is 14.0. The summed E-state index contributed by atoms with van der Waals surface area (Å²) in [5.74, 6) is -0.680. The van der Waals surface area contributed by atoms with Crippen molar-refractivity contribution in [3.8, 4) is 0 Å². The number of nitrogens with one attached hydrogen (secondary N) is 1. The van der Waals surface area contributed by atoms with Gasteiger partial charge in [-0.1, -0.05) is 48.6 Å². The van der Waals surface area contributed by atoms with Crippen LogP contribution in [0.2, 0.25) is 0 Å². The highest BCUT2D eigenvalue weighted by Crippen LogP contribution is 2.32. The Morgan fingerprint density at radius 2 is 1.79 bits per heavy atom. The van der Waals surface area contributed by atoms with Gasteiger partial charge in [-0.3, -0.25) is 4.79 Å². The third kappa shape index (κ3) is 4.40. The van der Waals surface area contributed by atoms with Crippen molar-refractivity contribution in [3.05, 3.63) is 76.4 Å². The van der Waals surface area contributed by atoms with Gasteiger partial charge in [-0.25, -0.2) is 4.79 Å². The maximum absolute atomic E-state index is 13.3. The van der Waals surface area contributed by atoms with Crippen LogP contribution >= 0.6 is 0 Å². The summed E-state index contributed by atoms with van der Waals surface area (Å²) in [6, 6.07) is 13.5. The topological polar surface area (TPSA) is 64.6 Å². The second kappa shape index (κ2) is 9.05. The number of hydrogen-bond donors (Lipinski definition) is 1. The van der Waals surface area contributed by atoms with Gasteiger partial charge in [0.05, 0.1) is 13.2 Å². The van der Waals surface area contributed by atoms with Crippen LogP contribution in [0.5, 0.6) is 0 Å². The van der Waals surface area contributed by atoms with Crippen molar-refractivity contribution in [1.82, 2.24) is 5.32 Å². The van der Waals surface area contributed by atoms with E-state index >= 15 is 0 Å². The van der Waals surface area contributed by atoms with Crippen molar-refractivity contribution in [2.24, 2.45) is 0 Å². The van der Waals surface area contributed by atoms with E-state index in [-0.39, 0.29) is 12.5 Å². The molecule has 0 aromatic heterocycles. The number of carbonyl (C=O) groups is 2. The number of ether oxygens (including phenoxy) is 2. The Labute approximate surface area is 171 Å². The first-order valence-electron chi connectivity index (χ1n) is 9.82. The van der Waals surface area contributed by atoms with Crippen LogP contribution in [0.3, 0.4) is 0 Å². The lowest BCUT2D eigenvalue weighted by Crippen LogP contribution is -2.56. The highest BCUT2D eigenvalue weighted by molar-refractivity contribution is 6.01. The summed E-state index contributed by atoms with van der Waals surface area (Å²) >= 11 is 0. The molecule has 5 nitrogen and oxygen atoms in total. The largest absolute Gasteiger partial charge is 0.464 e. The van der Waals surface area contributed by atoms with Crippen molar-refractivity contribution >= 4 is 18.0 Å². The molecular weight excluding hydrogens is 366 g/mol. The maximum Gasteiger partial charge on any atom is 0.332 e. The molecule has 0 bridgehead atoms. The number of aryl methyl sites for hydroxylation is 1. The second-order valence-electron chi connectivity index (χ2n) is 7.27. The van der Waals surface area contributed by atoms with Crippen molar-refractivity contribution in [2.45, 2.75) is 32.2 Å². The predicted octanol–water partition coefficient (Wildman–Crippen LogP) is 3.49. The van der Waals surface area contributed by atoms with Gasteiger partial charge in [0, 0.05) is 25.5 Å². The first kappa shape index (κ1) is 20.8. The zero-order chi connectivity index (χ0) is 20.9.